The van der Waals surface area contributed by atoms with Gasteiger partial charge in [-0.15, -0.1) is 0 Å². The summed E-state index contributed by atoms with van der Waals surface area (Å²) in [6.07, 6.45) is 0.312. The molecule has 1 aliphatic rings. The smallest absolute Gasteiger partial charge is 0.217 e. The van der Waals surface area contributed by atoms with Crippen LogP contribution in [0.5, 0.6) is 5.75 Å². The predicted molar refractivity (Wildman–Crippen MR) is 132 cm³/mol. The molecule has 8 heteroatoms. The van der Waals surface area contributed by atoms with Crippen molar-refractivity contribution in [2.75, 3.05) is 13.2 Å². The molecule has 1 amide bonds. The van der Waals surface area contributed by atoms with Gasteiger partial charge in [0.25, 0.3) is 0 Å². The molecule has 0 saturated carbocycles. The number of ether oxygens (including phenoxy) is 2. The summed E-state index contributed by atoms with van der Waals surface area (Å²) in [5, 5.41) is 6.05. The van der Waals surface area contributed by atoms with E-state index in [0.717, 1.165) is 22.9 Å². The highest BCUT2D eigenvalue weighted by Gasteiger charge is 2.34. The van der Waals surface area contributed by atoms with Crippen LogP contribution in [0.3, 0.4) is 0 Å². The number of fused-ring (bicyclic) bond motifs is 1. The molecule has 0 saturated heterocycles. The molecule has 1 unspecified atom stereocenters. The van der Waals surface area contributed by atoms with Gasteiger partial charge < -0.3 is 20.1 Å². The van der Waals surface area contributed by atoms with Crippen molar-refractivity contribution in [3.05, 3.63) is 64.7 Å². The summed E-state index contributed by atoms with van der Waals surface area (Å²) in [7, 11) is 0. The number of halogens is 2. The molecule has 1 heterocycles. The molecule has 2 aromatic rings. The number of amides is 1. The van der Waals surface area contributed by atoms with Crippen LogP contribution in [0.1, 0.15) is 57.4 Å². The van der Waals surface area contributed by atoms with Gasteiger partial charge in [-0.25, -0.2) is 8.78 Å². The highest BCUT2D eigenvalue weighted by Crippen LogP contribution is 2.38. The van der Waals surface area contributed by atoms with Gasteiger partial charge in [0, 0.05) is 30.8 Å². The lowest BCUT2D eigenvalue weighted by Crippen LogP contribution is -2.47. The van der Waals surface area contributed by atoms with Crippen LogP contribution in [0, 0.1) is 11.6 Å². The van der Waals surface area contributed by atoms with Gasteiger partial charge in [-0.1, -0.05) is 6.07 Å². The fraction of sp³-hybridized carbons (Fsp3) is 0.500. The van der Waals surface area contributed by atoms with Crippen molar-refractivity contribution in [3.63, 3.8) is 0 Å². The summed E-state index contributed by atoms with van der Waals surface area (Å²) in [4.78, 5) is 11.8. The van der Waals surface area contributed by atoms with E-state index in [1.54, 1.807) is 0 Å². The Labute approximate surface area is 206 Å². The van der Waals surface area contributed by atoms with Crippen LogP contribution in [0.15, 0.2) is 36.4 Å². The van der Waals surface area contributed by atoms with Gasteiger partial charge in [-0.3, -0.25) is 4.79 Å². The number of thiol groups is 1. The van der Waals surface area contributed by atoms with E-state index in [0.29, 0.717) is 18.7 Å². The first-order chi connectivity index (χ1) is 15.9. The van der Waals surface area contributed by atoms with Crippen LogP contribution in [0.4, 0.5) is 8.78 Å². The third kappa shape index (κ3) is 6.93. The standard InChI is InChI=1S/C26H34F2N2O3S/c1-15(2)33-20-6-7-22-21(12-20)24(14-32-26(22,4)5)29-13-25(34)23(30-16(3)31)10-17-8-18(27)11-19(28)9-17/h6-9,11-12,15,23-25,29,34H,10,13-14H2,1-5H3,(H,30,31)/t23-,24?,25-/m0/s1. The van der Waals surface area contributed by atoms with E-state index in [9.17, 15) is 13.6 Å². The van der Waals surface area contributed by atoms with Crippen LogP contribution < -0.4 is 15.4 Å². The van der Waals surface area contributed by atoms with Gasteiger partial charge >= 0.3 is 0 Å². The van der Waals surface area contributed by atoms with Crippen molar-refractivity contribution in [1.82, 2.24) is 10.6 Å². The van der Waals surface area contributed by atoms with Crippen LogP contribution >= 0.6 is 12.6 Å². The van der Waals surface area contributed by atoms with Crippen molar-refractivity contribution >= 4 is 18.5 Å². The first-order valence-electron chi connectivity index (χ1n) is 11.5. The molecule has 1 aliphatic heterocycles. The zero-order chi connectivity index (χ0) is 25.0. The molecule has 186 valence electrons. The molecule has 5 nitrogen and oxygen atoms in total. The number of rotatable bonds is 9. The zero-order valence-corrected chi connectivity index (χ0v) is 21.2. The van der Waals surface area contributed by atoms with Gasteiger partial charge in [0.1, 0.15) is 17.4 Å². The average Bonchev–Trinajstić information content (AvgIpc) is 2.71. The summed E-state index contributed by atoms with van der Waals surface area (Å²) in [6, 6.07) is 8.89. The van der Waals surface area contributed by atoms with E-state index in [1.165, 1.54) is 19.1 Å². The molecular weight excluding hydrogens is 458 g/mol. The second kappa shape index (κ2) is 11.1. The maximum absolute atomic E-state index is 13.7. The third-order valence-corrected chi connectivity index (χ3v) is 6.38. The van der Waals surface area contributed by atoms with Gasteiger partial charge in [-0.2, -0.15) is 12.6 Å². The van der Waals surface area contributed by atoms with Crippen LogP contribution in [0.2, 0.25) is 0 Å². The Kier molecular flexibility index (Phi) is 8.60. The topological polar surface area (TPSA) is 59.6 Å². The second-order valence-electron chi connectivity index (χ2n) is 9.55. The summed E-state index contributed by atoms with van der Waals surface area (Å²) < 4.78 is 39.4. The minimum Gasteiger partial charge on any atom is -0.491 e. The molecule has 3 rings (SSSR count). The van der Waals surface area contributed by atoms with Gasteiger partial charge in [-0.05, 0) is 75.1 Å². The van der Waals surface area contributed by atoms with E-state index in [2.05, 4.69) is 10.6 Å². The lowest BCUT2D eigenvalue weighted by molar-refractivity contribution is -0.119. The molecule has 2 N–H and O–H groups in total. The molecule has 0 fully saturated rings. The van der Waals surface area contributed by atoms with Crippen LogP contribution in [0.25, 0.3) is 0 Å². The number of benzene rings is 2. The van der Waals surface area contributed by atoms with Crippen molar-refractivity contribution in [2.45, 2.75) is 70.1 Å². The molecule has 34 heavy (non-hydrogen) atoms. The lowest BCUT2D eigenvalue weighted by Gasteiger charge is -2.38. The Morgan fingerprint density at radius 3 is 2.50 bits per heavy atom. The van der Waals surface area contributed by atoms with E-state index in [1.807, 2.05) is 45.9 Å². The molecule has 0 bridgehead atoms. The van der Waals surface area contributed by atoms with E-state index in [4.69, 9.17) is 22.1 Å². The zero-order valence-electron chi connectivity index (χ0n) is 20.3. The highest BCUT2D eigenvalue weighted by molar-refractivity contribution is 7.81. The van der Waals surface area contributed by atoms with Crippen molar-refractivity contribution in [1.29, 1.82) is 0 Å². The fourth-order valence-electron chi connectivity index (χ4n) is 4.28. The van der Waals surface area contributed by atoms with Crippen molar-refractivity contribution in [2.24, 2.45) is 0 Å². The molecule has 0 aliphatic carbocycles. The van der Waals surface area contributed by atoms with Gasteiger partial charge in [0.15, 0.2) is 0 Å². The number of carbonyl (C=O) groups excluding carboxylic acids is 1. The molecule has 0 radical (unpaired) electrons. The van der Waals surface area contributed by atoms with Crippen molar-refractivity contribution < 1.29 is 23.0 Å². The summed E-state index contributed by atoms with van der Waals surface area (Å²) in [5.41, 5.74) is 2.21. The Bertz CT molecular complexity index is 995. The van der Waals surface area contributed by atoms with Gasteiger partial charge in [0.05, 0.1) is 24.4 Å². The number of hydrogen-bond acceptors (Lipinski definition) is 5. The second-order valence-corrected chi connectivity index (χ2v) is 10.2. The number of nitrogens with one attached hydrogen (secondary N) is 2. The normalized spacial score (nSPS) is 18.8. The van der Waals surface area contributed by atoms with E-state index >= 15 is 0 Å². The van der Waals surface area contributed by atoms with E-state index in [-0.39, 0.29) is 29.7 Å². The number of hydrogen-bond donors (Lipinski definition) is 3. The first-order valence-corrected chi connectivity index (χ1v) is 12.0. The van der Waals surface area contributed by atoms with Crippen LogP contribution in [-0.4, -0.2) is 36.5 Å². The molecular formula is C26H34F2N2O3S. The molecule has 3 atom stereocenters. The summed E-state index contributed by atoms with van der Waals surface area (Å²) in [5.74, 6) is -0.735. The first kappa shape index (κ1) is 26.4. The SMILES string of the molecule is CC(=O)N[C@@H](Cc1cc(F)cc(F)c1)[C@@H](S)CNC1COC(C)(C)c2ccc(OC(C)C)cc21. The molecule has 0 spiro atoms. The van der Waals surface area contributed by atoms with Crippen LogP contribution in [-0.2, 0) is 21.6 Å². The predicted octanol–water partition coefficient (Wildman–Crippen LogP) is 4.69. The maximum Gasteiger partial charge on any atom is 0.217 e. The Morgan fingerprint density at radius 2 is 1.88 bits per heavy atom. The Hall–Kier alpha value is -2.16. The molecule has 2 aromatic carbocycles. The summed E-state index contributed by atoms with van der Waals surface area (Å²) >= 11 is 4.72. The average molecular weight is 493 g/mol. The van der Waals surface area contributed by atoms with Crippen molar-refractivity contribution in [3.8, 4) is 5.75 Å². The van der Waals surface area contributed by atoms with E-state index < -0.39 is 23.3 Å². The molecule has 0 aromatic heterocycles. The minimum atomic E-state index is -0.650. The quantitative estimate of drug-likeness (QED) is 0.445. The highest BCUT2D eigenvalue weighted by atomic mass is 32.1. The Balaban J connectivity index is 1.76. The fourth-order valence-corrected chi connectivity index (χ4v) is 4.57. The largest absolute Gasteiger partial charge is 0.491 e. The third-order valence-electron chi connectivity index (χ3n) is 5.83. The summed E-state index contributed by atoms with van der Waals surface area (Å²) in [6.45, 7) is 10.4. The maximum atomic E-state index is 13.7. The lowest BCUT2D eigenvalue weighted by atomic mass is 9.86. The monoisotopic (exact) mass is 492 g/mol. The van der Waals surface area contributed by atoms with Gasteiger partial charge in [0.2, 0.25) is 5.91 Å². The number of carbonyl (C=O) groups is 1. The minimum absolute atomic E-state index is 0.0604. The Morgan fingerprint density at radius 1 is 1.21 bits per heavy atom.